The molecule has 5 nitrogen and oxygen atoms in total. The van der Waals surface area contributed by atoms with Crippen molar-refractivity contribution in [2.24, 2.45) is 0 Å². The number of aliphatic hydroxyl groups is 1. The molecule has 0 bridgehead atoms. The van der Waals surface area contributed by atoms with Gasteiger partial charge in [-0.1, -0.05) is 42.5 Å². The maximum atomic E-state index is 12.0. The largest absolute Gasteiger partial charge is 0.391 e. The first-order valence-electron chi connectivity index (χ1n) is 7.98. The number of hydrogen-bond donors (Lipinski definition) is 3. The average Bonchev–Trinajstić information content (AvgIpc) is 2.60. The van der Waals surface area contributed by atoms with Gasteiger partial charge in [0.25, 0.3) is 0 Å². The molecule has 2 unspecified atom stereocenters. The fourth-order valence-electron chi connectivity index (χ4n) is 2.35. The van der Waals surface area contributed by atoms with Crippen molar-refractivity contribution in [3.63, 3.8) is 0 Å². The lowest BCUT2D eigenvalue weighted by molar-refractivity contribution is 0.119. The van der Waals surface area contributed by atoms with E-state index in [9.17, 15) is 9.90 Å². The Labute approximate surface area is 142 Å². The Kier molecular flexibility index (Phi) is 6.78. The van der Waals surface area contributed by atoms with Crippen molar-refractivity contribution in [3.05, 3.63) is 65.7 Å². The Bertz CT molecular complexity index is 646. The maximum Gasteiger partial charge on any atom is 0.319 e. The van der Waals surface area contributed by atoms with E-state index in [1.54, 1.807) is 7.11 Å². The van der Waals surface area contributed by atoms with Crippen molar-refractivity contribution in [2.75, 3.05) is 19.0 Å². The van der Waals surface area contributed by atoms with Crippen molar-refractivity contribution in [3.8, 4) is 0 Å². The van der Waals surface area contributed by atoms with Gasteiger partial charge in [0.2, 0.25) is 0 Å². The minimum absolute atomic E-state index is 0.0393. The van der Waals surface area contributed by atoms with E-state index in [2.05, 4.69) is 10.6 Å². The molecule has 24 heavy (non-hydrogen) atoms. The van der Waals surface area contributed by atoms with E-state index in [1.165, 1.54) is 0 Å². The van der Waals surface area contributed by atoms with Crippen LogP contribution in [0.5, 0.6) is 0 Å². The fraction of sp³-hybridized carbons (Fsp3) is 0.316. The molecule has 0 heterocycles. The van der Waals surface area contributed by atoms with E-state index in [-0.39, 0.29) is 18.7 Å². The van der Waals surface area contributed by atoms with Crippen molar-refractivity contribution < 1.29 is 14.6 Å². The van der Waals surface area contributed by atoms with Gasteiger partial charge in [-0.2, -0.15) is 0 Å². The molecule has 0 radical (unpaired) electrons. The van der Waals surface area contributed by atoms with E-state index in [0.717, 1.165) is 11.1 Å². The third-order valence-corrected chi connectivity index (χ3v) is 3.78. The number of amides is 2. The third kappa shape index (κ3) is 5.68. The summed E-state index contributed by atoms with van der Waals surface area (Å²) in [7, 11) is 1.64. The van der Waals surface area contributed by atoms with Crippen LogP contribution in [0.1, 0.15) is 24.2 Å². The molecule has 2 aromatic rings. The lowest BCUT2D eigenvalue weighted by Gasteiger charge is -2.14. The van der Waals surface area contributed by atoms with E-state index in [4.69, 9.17) is 4.74 Å². The van der Waals surface area contributed by atoms with Crippen LogP contribution < -0.4 is 10.6 Å². The molecule has 0 fully saturated rings. The summed E-state index contributed by atoms with van der Waals surface area (Å²) in [4.78, 5) is 12.0. The van der Waals surface area contributed by atoms with Gasteiger partial charge >= 0.3 is 6.03 Å². The number of hydrogen-bond acceptors (Lipinski definition) is 3. The van der Waals surface area contributed by atoms with Gasteiger partial charge in [0.15, 0.2) is 0 Å². The number of urea groups is 1. The second-order valence-electron chi connectivity index (χ2n) is 5.68. The second kappa shape index (κ2) is 9.05. The first kappa shape index (κ1) is 18.0. The Balaban J connectivity index is 1.81. The van der Waals surface area contributed by atoms with Gasteiger partial charge in [-0.05, 0) is 30.2 Å². The Morgan fingerprint density at radius 3 is 2.62 bits per heavy atom. The van der Waals surface area contributed by atoms with Crippen LogP contribution >= 0.6 is 0 Å². The fourth-order valence-corrected chi connectivity index (χ4v) is 2.35. The number of anilines is 1. The summed E-state index contributed by atoms with van der Waals surface area (Å²) in [5.41, 5.74) is 2.71. The molecular weight excluding hydrogens is 304 g/mol. The van der Waals surface area contributed by atoms with Gasteiger partial charge in [0, 0.05) is 25.8 Å². The number of methoxy groups -OCH3 is 1. The van der Waals surface area contributed by atoms with Crippen molar-refractivity contribution in [2.45, 2.75) is 25.6 Å². The smallest absolute Gasteiger partial charge is 0.319 e. The number of ether oxygens (including phenoxy) is 1. The van der Waals surface area contributed by atoms with Crippen LogP contribution in [-0.2, 0) is 11.2 Å². The van der Waals surface area contributed by atoms with Crippen LogP contribution in [0.2, 0.25) is 0 Å². The Morgan fingerprint density at radius 2 is 1.92 bits per heavy atom. The summed E-state index contributed by atoms with van der Waals surface area (Å²) < 4.78 is 5.27. The average molecular weight is 328 g/mol. The van der Waals surface area contributed by atoms with Gasteiger partial charge in [0.05, 0.1) is 12.2 Å². The van der Waals surface area contributed by atoms with Crippen molar-refractivity contribution in [1.29, 1.82) is 0 Å². The number of rotatable bonds is 7. The maximum absolute atomic E-state index is 12.0. The molecular formula is C19H24N2O3. The summed E-state index contributed by atoms with van der Waals surface area (Å²) in [5, 5.41) is 15.5. The van der Waals surface area contributed by atoms with Crippen LogP contribution in [0.25, 0.3) is 0 Å². The highest BCUT2D eigenvalue weighted by atomic mass is 16.5. The first-order chi connectivity index (χ1) is 11.6. The zero-order chi connectivity index (χ0) is 17.4. The van der Waals surface area contributed by atoms with E-state index in [1.807, 2.05) is 61.5 Å². The molecule has 128 valence electrons. The number of carbonyl (C=O) groups excluding carboxylic acids is 1. The van der Waals surface area contributed by atoms with E-state index < -0.39 is 6.10 Å². The van der Waals surface area contributed by atoms with Crippen LogP contribution in [0.15, 0.2) is 54.6 Å². The van der Waals surface area contributed by atoms with E-state index in [0.29, 0.717) is 12.1 Å². The standard InChI is InChI=1S/C19H24N2O3/c1-14(24-2)16-9-6-10-17(12-16)21-19(23)20-13-18(22)11-15-7-4-3-5-8-15/h3-10,12,14,18,22H,11,13H2,1-2H3,(H2,20,21,23). The van der Waals surface area contributed by atoms with Gasteiger partial charge in [-0.15, -0.1) is 0 Å². The third-order valence-electron chi connectivity index (χ3n) is 3.78. The quantitative estimate of drug-likeness (QED) is 0.731. The molecule has 5 heteroatoms. The lowest BCUT2D eigenvalue weighted by Crippen LogP contribution is -2.36. The van der Waals surface area contributed by atoms with Crippen molar-refractivity contribution >= 4 is 11.7 Å². The molecule has 2 rings (SSSR count). The number of aliphatic hydroxyl groups excluding tert-OH is 1. The summed E-state index contributed by atoms with van der Waals surface area (Å²) >= 11 is 0. The minimum Gasteiger partial charge on any atom is -0.391 e. The molecule has 0 spiro atoms. The molecule has 2 atom stereocenters. The zero-order valence-corrected chi connectivity index (χ0v) is 14.0. The number of carbonyl (C=O) groups is 1. The highest BCUT2D eigenvalue weighted by Gasteiger charge is 2.09. The normalized spacial score (nSPS) is 13.1. The molecule has 3 N–H and O–H groups in total. The van der Waals surface area contributed by atoms with Gasteiger partial charge < -0.3 is 20.5 Å². The molecule has 0 aliphatic carbocycles. The number of benzene rings is 2. The van der Waals surface area contributed by atoms with Crippen molar-refractivity contribution in [1.82, 2.24) is 5.32 Å². The predicted molar refractivity (Wildman–Crippen MR) is 95.0 cm³/mol. The SMILES string of the molecule is COC(C)c1cccc(NC(=O)NCC(O)Cc2ccccc2)c1. The monoisotopic (exact) mass is 328 g/mol. The first-order valence-corrected chi connectivity index (χ1v) is 7.98. The molecule has 0 aliphatic heterocycles. The summed E-state index contributed by atoms with van der Waals surface area (Å²) in [5.74, 6) is 0. The summed E-state index contributed by atoms with van der Waals surface area (Å²) in [6.07, 6.45) is -0.164. The Hall–Kier alpha value is -2.37. The molecule has 0 saturated carbocycles. The molecule has 2 amide bonds. The zero-order valence-electron chi connectivity index (χ0n) is 14.0. The van der Waals surface area contributed by atoms with Crippen LogP contribution in [0.4, 0.5) is 10.5 Å². The summed E-state index contributed by atoms with van der Waals surface area (Å²) in [6, 6.07) is 16.8. The lowest BCUT2D eigenvalue weighted by atomic mass is 10.1. The summed E-state index contributed by atoms with van der Waals surface area (Å²) in [6.45, 7) is 2.13. The van der Waals surface area contributed by atoms with Gasteiger partial charge in [-0.3, -0.25) is 0 Å². The van der Waals surface area contributed by atoms with Crippen LogP contribution in [-0.4, -0.2) is 30.9 Å². The highest BCUT2D eigenvalue weighted by Crippen LogP contribution is 2.19. The Morgan fingerprint density at radius 1 is 1.17 bits per heavy atom. The molecule has 0 aromatic heterocycles. The molecule has 0 saturated heterocycles. The van der Waals surface area contributed by atoms with Crippen LogP contribution in [0.3, 0.4) is 0 Å². The molecule has 2 aromatic carbocycles. The predicted octanol–water partition coefficient (Wildman–Crippen LogP) is 3.12. The van der Waals surface area contributed by atoms with Gasteiger partial charge in [0.1, 0.15) is 0 Å². The highest BCUT2D eigenvalue weighted by molar-refractivity contribution is 5.89. The topological polar surface area (TPSA) is 70.6 Å². The molecule has 0 aliphatic rings. The number of nitrogens with one attached hydrogen (secondary N) is 2. The minimum atomic E-state index is -0.627. The van der Waals surface area contributed by atoms with Gasteiger partial charge in [-0.25, -0.2) is 4.79 Å². The van der Waals surface area contributed by atoms with Crippen LogP contribution in [0, 0.1) is 0 Å². The van der Waals surface area contributed by atoms with E-state index >= 15 is 0 Å². The second-order valence-corrected chi connectivity index (χ2v) is 5.68.